The van der Waals surface area contributed by atoms with Gasteiger partial charge in [0.1, 0.15) is 0 Å². The van der Waals surface area contributed by atoms with Crippen LogP contribution in [-0.2, 0) is 22.3 Å². The van der Waals surface area contributed by atoms with E-state index in [1.165, 1.54) is 0 Å². The molecule has 0 aromatic heterocycles. The molecule has 0 aliphatic rings. The zero-order chi connectivity index (χ0) is 9.90. The molecule has 14 heavy (non-hydrogen) atoms. The van der Waals surface area contributed by atoms with Crippen molar-refractivity contribution in [3.8, 4) is 0 Å². The fraction of sp³-hybridized carbons (Fsp3) is 0.333. The van der Waals surface area contributed by atoms with Crippen LogP contribution in [0, 0.1) is 0 Å². The Morgan fingerprint density at radius 3 is 2.14 bits per heavy atom. The van der Waals surface area contributed by atoms with Gasteiger partial charge < -0.3 is 4.55 Å². The van der Waals surface area contributed by atoms with Crippen molar-refractivity contribution < 1.29 is 42.5 Å². The molecule has 0 radical (unpaired) electrons. The van der Waals surface area contributed by atoms with Crippen molar-refractivity contribution in [2.75, 3.05) is 0 Å². The number of aryl methyl sites for hydroxylation is 1. The van der Waals surface area contributed by atoms with Gasteiger partial charge in [0.2, 0.25) is 0 Å². The summed E-state index contributed by atoms with van der Waals surface area (Å²) in [5.74, 6) is -0.406. The molecule has 0 aliphatic heterocycles. The molecule has 0 fully saturated rings. The van der Waals surface area contributed by atoms with Gasteiger partial charge in [-0.15, -0.1) is 0 Å². The average Bonchev–Trinajstić information content (AvgIpc) is 2.02. The number of benzene rings is 1. The maximum atomic E-state index is 10.5. The van der Waals surface area contributed by atoms with E-state index >= 15 is 0 Å². The third-order valence-corrected chi connectivity index (χ3v) is 2.50. The largest absolute Gasteiger partial charge is 1.00 e. The molecule has 5 heteroatoms. The van der Waals surface area contributed by atoms with E-state index in [0.29, 0.717) is 5.56 Å². The number of hydrogen-bond acceptors (Lipinski definition) is 3. The summed E-state index contributed by atoms with van der Waals surface area (Å²) in [4.78, 5) is 0. The molecule has 72 valence electrons. The van der Waals surface area contributed by atoms with E-state index in [4.69, 9.17) is 0 Å². The van der Waals surface area contributed by atoms with Crippen molar-refractivity contribution in [3.05, 3.63) is 35.4 Å². The first kappa shape index (κ1) is 14.1. The minimum absolute atomic E-state index is 0. The van der Waals surface area contributed by atoms with Crippen LogP contribution < -0.4 is 29.6 Å². The summed E-state index contributed by atoms with van der Waals surface area (Å²) in [7, 11) is -4.16. The quantitative estimate of drug-likeness (QED) is 0.452. The molecule has 1 aromatic carbocycles. The van der Waals surface area contributed by atoms with E-state index in [2.05, 4.69) is 0 Å². The standard InChI is InChI=1S/C9H12O3S.Na/c1-2-8-5-3-4-6-9(8)7-13(10,11)12;/h3-6H,2,7H2,1H3,(H,10,11,12);/q;+1/p-1. The average molecular weight is 222 g/mol. The molecule has 0 saturated heterocycles. The summed E-state index contributed by atoms with van der Waals surface area (Å²) in [6, 6.07) is 7.08. The molecule has 0 unspecified atom stereocenters. The zero-order valence-corrected chi connectivity index (χ0v) is 11.2. The van der Waals surface area contributed by atoms with Gasteiger partial charge >= 0.3 is 29.6 Å². The second-order valence-electron chi connectivity index (χ2n) is 2.82. The Labute approximate surface area is 107 Å². The molecule has 3 nitrogen and oxygen atoms in total. The number of rotatable bonds is 3. The molecule has 0 aliphatic carbocycles. The van der Waals surface area contributed by atoms with Gasteiger partial charge in [-0.1, -0.05) is 31.2 Å². The third kappa shape index (κ3) is 4.57. The van der Waals surface area contributed by atoms with Gasteiger partial charge in [-0.3, -0.25) is 0 Å². The van der Waals surface area contributed by atoms with Crippen LogP contribution in [0.25, 0.3) is 0 Å². The molecule has 1 aromatic rings. The topological polar surface area (TPSA) is 57.2 Å². The first-order valence-electron chi connectivity index (χ1n) is 4.03. The van der Waals surface area contributed by atoms with E-state index in [0.717, 1.165) is 12.0 Å². The first-order valence-corrected chi connectivity index (χ1v) is 5.61. The van der Waals surface area contributed by atoms with Gasteiger partial charge in [-0.25, -0.2) is 8.42 Å². The third-order valence-electron chi connectivity index (χ3n) is 1.83. The predicted molar refractivity (Wildman–Crippen MR) is 49.2 cm³/mol. The summed E-state index contributed by atoms with van der Waals surface area (Å²) in [5.41, 5.74) is 1.53. The van der Waals surface area contributed by atoms with Crippen molar-refractivity contribution in [2.24, 2.45) is 0 Å². The zero-order valence-electron chi connectivity index (χ0n) is 8.36. The minimum Gasteiger partial charge on any atom is -0.748 e. The predicted octanol–water partition coefficient (Wildman–Crippen LogP) is -1.70. The maximum Gasteiger partial charge on any atom is 1.00 e. The molecule has 0 atom stereocenters. The molecule has 1 rings (SSSR count). The van der Waals surface area contributed by atoms with Crippen LogP contribution >= 0.6 is 0 Å². The van der Waals surface area contributed by atoms with Crippen molar-refractivity contribution >= 4 is 10.1 Å². The van der Waals surface area contributed by atoms with E-state index in [9.17, 15) is 13.0 Å². The Balaban J connectivity index is 0.00000169. The van der Waals surface area contributed by atoms with Gasteiger partial charge in [0.05, 0.1) is 15.9 Å². The first-order chi connectivity index (χ1) is 6.03. The van der Waals surface area contributed by atoms with E-state index in [-0.39, 0.29) is 29.6 Å². The normalized spacial score (nSPS) is 10.7. The second kappa shape index (κ2) is 5.88. The summed E-state index contributed by atoms with van der Waals surface area (Å²) >= 11 is 0. The molecule has 0 bridgehead atoms. The van der Waals surface area contributed by atoms with Gasteiger partial charge in [0.25, 0.3) is 0 Å². The molecule has 0 N–H and O–H groups in total. The van der Waals surface area contributed by atoms with Gasteiger partial charge in [-0.05, 0) is 17.5 Å². The van der Waals surface area contributed by atoms with Gasteiger partial charge in [0, 0.05) is 0 Å². The summed E-state index contributed by atoms with van der Waals surface area (Å²) < 4.78 is 31.5. The Morgan fingerprint density at radius 2 is 1.71 bits per heavy atom. The van der Waals surface area contributed by atoms with Crippen LogP contribution in [0.4, 0.5) is 0 Å². The maximum absolute atomic E-state index is 10.5. The van der Waals surface area contributed by atoms with Gasteiger partial charge in [0.15, 0.2) is 0 Å². The monoisotopic (exact) mass is 222 g/mol. The van der Waals surface area contributed by atoms with Crippen LogP contribution in [0.1, 0.15) is 18.1 Å². The Hall–Kier alpha value is 0.130. The fourth-order valence-electron chi connectivity index (χ4n) is 1.23. The van der Waals surface area contributed by atoms with Crippen molar-refractivity contribution in [1.82, 2.24) is 0 Å². The molecule has 0 amide bonds. The molecule has 0 spiro atoms. The fourth-order valence-corrected chi connectivity index (χ4v) is 1.90. The van der Waals surface area contributed by atoms with Gasteiger partial charge in [-0.2, -0.15) is 0 Å². The van der Waals surface area contributed by atoms with Crippen LogP contribution in [0.15, 0.2) is 24.3 Å². The Morgan fingerprint density at radius 1 is 1.21 bits per heavy atom. The van der Waals surface area contributed by atoms with Crippen LogP contribution in [0.3, 0.4) is 0 Å². The molecule has 0 heterocycles. The van der Waals surface area contributed by atoms with Crippen molar-refractivity contribution in [2.45, 2.75) is 19.1 Å². The minimum atomic E-state index is -4.16. The molecular weight excluding hydrogens is 211 g/mol. The van der Waals surface area contributed by atoms with Crippen molar-refractivity contribution in [1.29, 1.82) is 0 Å². The summed E-state index contributed by atoms with van der Waals surface area (Å²) in [5, 5.41) is 0. The smallest absolute Gasteiger partial charge is 0.748 e. The van der Waals surface area contributed by atoms with E-state index in [1.807, 2.05) is 19.1 Å². The van der Waals surface area contributed by atoms with Crippen LogP contribution in [0.2, 0.25) is 0 Å². The van der Waals surface area contributed by atoms with Crippen molar-refractivity contribution in [3.63, 3.8) is 0 Å². The molecule has 0 saturated carbocycles. The van der Waals surface area contributed by atoms with Crippen LogP contribution in [0.5, 0.6) is 0 Å². The Bertz CT molecular complexity index is 387. The van der Waals surface area contributed by atoms with E-state index < -0.39 is 15.9 Å². The summed E-state index contributed by atoms with van der Waals surface area (Å²) in [6.07, 6.45) is 0.742. The van der Waals surface area contributed by atoms with Crippen LogP contribution in [-0.4, -0.2) is 13.0 Å². The summed E-state index contributed by atoms with van der Waals surface area (Å²) in [6.45, 7) is 1.93. The number of hydrogen-bond donors (Lipinski definition) is 0. The Kier molecular flexibility index (Phi) is 5.93. The molecular formula is C9H11NaO3S. The second-order valence-corrected chi connectivity index (χ2v) is 4.23. The van der Waals surface area contributed by atoms with E-state index in [1.54, 1.807) is 12.1 Å². The SMILES string of the molecule is CCc1ccccc1CS(=O)(=O)[O-].[Na+].